The monoisotopic (exact) mass is 624 g/mol. The van der Waals surface area contributed by atoms with Crippen LogP contribution in [0.3, 0.4) is 0 Å². The third-order valence-corrected chi connectivity index (χ3v) is 12.9. The molecule has 2 N–H and O–H groups in total. The van der Waals surface area contributed by atoms with E-state index in [-0.39, 0.29) is 36.0 Å². The van der Waals surface area contributed by atoms with E-state index in [4.69, 9.17) is 9.47 Å². The van der Waals surface area contributed by atoms with Crippen molar-refractivity contribution >= 4 is 0 Å². The van der Waals surface area contributed by atoms with Gasteiger partial charge in [0.1, 0.15) is 5.60 Å². The van der Waals surface area contributed by atoms with Crippen molar-refractivity contribution in [1.82, 2.24) is 0 Å². The topological polar surface area (TPSA) is 58.9 Å². The number of hydrogen-bond donors (Lipinski definition) is 2. The van der Waals surface area contributed by atoms with Gasteiger partial charge in [-0.1, -0.05) is 57.5 Å². The fourth-order valence-electron chi connectivity index (χ4n) is 9.91. The van der Waals surface area contributed by atoms with Gasteiger partial charge in [0.25, 0.3) is 0 Å². The van der Waals surface area contributed by atoms with E-state index in [0.29, 0.717) is 38.9 Å². The minimum Gasteiger partial charge on any atom is -0.385 e. The summed E-state index contributed by atoms with van der Waals surface area (Å²) in [6.07, 6.45) is -2.28. The smallest absolute Gasteiger partial charge is 0.385 e. The first-order chi connectivity index (χ1) is 20.3. The average Bonchev–Trinajstić information content (AvgIpc) is 3.64. The third-order valence-electron chi connectivity index (χ3n) is 12.9. The van der Waals surface area contributed by atoms with Crippen LogP contribution in [0.15, 0.2) is 35.4 Å². The summed E-state index contributed by atoms with van der Waals surface area (Å²) < 4.78 is 85.1. The number of ether oxygens (including phenoxy) is 2. The van der Waals surface area contributed by atoms with Crippen molar-refractivity contribution in [3.63, 3.8) is 0 Å². The van der Waals surface area contributed by atoms with Crippen LogP contribution in [0.2, 0.25) is 0 Å². The van der Waals surface area contributed by atoms with Crippen LogP contribution >= 0.6 is 0 Å². The first-order valence-corrected chi connectivity index (χ1v) is 16.3. The van der Waals surface area contributed by atoms with Gasteiger partial charge in [-0.3, -0.25) is 0 Å². The zero-order chi connectivity index (χ0) is 31.8. The average molecular weight is 625 g/mol. The lowest BCUT2D eigenvalue weighted by molar-refractivity contribution is -0.362. The van der Waals surface area contributed by atoms with Crippen molar-refractivity contribution in [1.29, 1.82) is 0 Å². The molecule has 1 spiro atoms. The summed E-state index contributed by atoms with van der Waals surface area (Å²) in [5.41, 5.74) is -2.37. The quantitative estimate of drug-likeness (QED) is 0.265. The highest BCUT2D eigenvalue weighted by Crippen LogP contribution is 2.71. The lowest BCUT2D eigenvalue weighted by atomic mass is 9.49. The molecule has 5 aliphatic carbocycles. The van der Waals surface area contributed by atoms with E-state index < -0.39 is 52.8 Å². The molecule has 1 aliphatic heterocycles. The molecule has 6 aliphatic rings. The van der Waals surface area contributed by atoms with Gasteiger partial charge in [-0.25, -0.2) is 0 Å². The maximum atomic E-state index is 15.4. The van der Waals surface area contributed by atoms with E-state index in [0.717, 1.165) is 35.1 Å². The molecule has 4 nitrogen and oxygen atoms in total. The normalized spacial score (nSPS) is 40.8. The van der Waals surface area contributed by atoms with Crippen molar-refractivity contribution in [3.8, 4) is 0 Å². The van der Waals surface area contributed by atoms with Crippen molar-refractivity contribution in [3.05, 3.63) is 46.5 Å². The van der Waals surface area contributed by atoms with Gasteiger partial charge in [0.2, 0.25) is 0 Å². The Kier molecular flexibility index (Phi) is 6.56. The summed E-state index contributed by atoms with van der Waals surface area (Å²) in [5.74, 6) is -7.53. The molecule has 7 rings (SSSR count). The molecule has 1 aromatic carbocycles. The van der Waals surface area contributed by atoms with Gasteiger partial charge >= 0.3 is 12.1 Å². The summed E-state index contributed by atoms with van der Waals surface area (Å²) in [6, 6.07) is 8.04. The summed E-state index contributed by atoms with van der Waals surface area (Å²) in [6.45, 7) is 8.81. The molecule has 6 atom stereocenters. The van der Waals surface area contributed by atoms with Crippen LogP contribution in [0.4, 0.5) is 22.0 Å². The second-order valence-corrected chi connectivity index (χ2v) is 16.4. The molecule has 0 unspecified atom stereocenters. The molecule has 4 saturated carbocycles. The molecule has 0 bridgehead atoms. The Labute approximate surface area is 256 Å². The van der Waals surface area contributed by atoms with Crippen LogP contribution in [-0.4, -0.2) is 52.5 Å². The van der Waals surface area contributed by atoms with Crippen molar-refractivity contribution in [2.45, 2.75) is 132 Å². The molecule has 0 radical (unpaired) electrons. The lowest BCUT2D eigenvalue weighted by Gasteiger charge is -2.59. The standard InChI is InChI=1S/C35H45F5O4/c1-28(2)19-43-32(44-20-28)12-9-26-27-23(8-11-31(26,41)18-32)25-10-13-33(42,34(36,37)35(38,39)40)30(25,4)17-24(27)21-6-5-7-22(16-21)29(3)14-15-29/h5-7,16,23-25,41-42H,8-15,17-20H2,1-4H3/t23-,24+,25-,30-,31+,33-/m0/s1. The van der Waals surface area contributed by atoms with E-state index >= 15 is 8.78 Å². The van der Waals surface area contributed by atoms with E-state index in [2.05, 4.69) is 32.9 Å². The summed E-state index contributed by atoms with van der Waals surface area (Å²) in [4.78, 5) is 0. The summed E-state index contributed by atoms with van der Waals surface area (Å²) >= 11 is 0. The predicted octanol–water partition coefficient (Wildman–Crippen LogP) is 7.96. The molecule has 244 valence electrons. The highest BCUT2D eigenvalue weighted by molar-refractivity contribution is 5.46. The molecule has 1 heterocycles. The molecule has 0 aromatic heterocycles. The molecule has 1 saturated heterocycles. The Morgan fingerprint density at radius 2 is 1.55 bits per heavy atom. The van der Waals surface area contributed by atoms with Gasteiger partial charge in [-0.05, 0) is 85.3 Å². The molecule has 1 aromatic rings. The zero-order valence-corrected chi connectivity index (χ0v) is 26.1. The van der Waals surface area contributed by atoms with Gasteiger partial charge in [-0.15, -0.1) is 0 Å². The van der Waals surface area contributed by atoms with Crippen molar-refractivity contribution in [2.75, 3.05) is 13.2 Å². The van der Waals surface area contributed by atoms with Crippen molar-refractivity contribution in [2.24, 2.45) is 22.7 Å². The summed E-state index contributed by atoms with van der Waals surface area (Å²) in [5, 5.41) is 23.9. The number of allylic oxidation sites excluding steroid dienone is 1. The van der Waals surface area contributed by atoms with Crippen LogP contribution in [0, 0.1) is 22.7 Å². The van der Waals surface area contributed by atoms with Gasteiger partial charge in [0, 0.05) is 29.6 Å². The SMILES string of the molecule is CC1(C)COC2(CCC3=C4[C@@H](CC[C@@]3(O)C2)[C@@H]2CC[C@@](O)(C(F)(F)C(F)(F)F)[C@@]2(C)C[C@@H]4c2cccc(C3(C)CC3)c2)OC1. The highest BCUT2D eigenvalue weighted by atomic mass is 19.4. The van der Waals surface area contributed by atoms with Gasteiger partial charge in [0.05, 0.1) is 18.8 Å². The number of alkyl halides is 5. The fourth-order valence-corrected chi connectivity index (χ4v) is 9.91. The predicted molar refractivity (Wildman–Crippen MR) is 154 cm³/mol. The lowest BCUT2D eigenvalue weighted by Crippen LogP contribution is -2.65. The molecule has 44 heavy (non-hydrogen) atoms. The maximum Gasteiger partial charge on any atom is 0.456 e. The van der Waals surface area contributed by atoms with Gasteiger partial charge in [-0.2, -0.15) is 22.0 Å². The van der Waals surface area contributed by atoms with E-state index in [1.165, 1.54) is 6.92 Å². The van der Waals surface area contributed by atoms with Gasteiger partial charge < -0.3 is 19.7 Å². The minimum atomic E-state index is -5.87. The fraction of sp³-hybridized carbons (Fsp3) is 0.771. The van der Waals surface area contributed by atoms with Crippen LogP contribution in [0.25, 0.3) is 0 Å². The Morgan fingerprint density at radius 1 is 0.864 bits per heavy atom. The number of fused-ring (bicyclic) bond motifs is 4. The number of hydrogen-bond acceptors (Lipinski definition) is 4. The van der Waals surface area contributed by atoms with Gasteiger partial charge in [0.15, 0.2) is 5.79 Å². The van der Waals surface area contributed by atoms with E-state index in [1.807, 2.05) is 12.1 Å². The highest BCUT2D eigenvalue weighted by Gasteiger charge is 2.79. The maximum absolute atomic E-state index is 15.4. The Morgan fingerprint density at radius 3 is 2.18 bits per heavy atom. The molecule has 0 amide bonds. The second kappa shape index (κ2) is 9.29. The minimum absolute atomic E-state index is 0.0275. The van der Waals surface area contributed by atoms with Crippen molar-refractivity contribution < 1.29 is 41.6 Å². The van der Waals surface area contributed by atoms with Crippen LogP contribution in [-0.2, 0) is 14.9 Å². The number of aliphatic hydroxyl groups is 2. The van der Waals surface area contributed by atoms with E-state index in [9.17, 15) is 23.4 Å². The Balaban J connectivity index is 1.35. The number of rotatable bonds is 3. The molecule has 5 fully saturated rings. The van der Waals surface area contributed by atoms with E-state index in [1.54, 1.807) is 0 Å². The summed E-state index contributed by atoms with van der Waals surface area (Å²) in [7, 11) is 0. The second-order valence-electron chi connectivity index (χ2n) is 16.4. The molecule has 9 heteroatoms. The largest absolute Gasteiger partial charge is 0.456 e. The van der Waals surface area contributed by atoms with Crippen LogP contribution < -0.4 is 0 Å². The van der Waals surface area contributed by atoms with Crippen LogP contribution in [0.1, 0.15) is 109 Å². The first-order valence-electron chi connectivity index (χ1n) is 16.3. The van der Waals surface area contributed by atoms with Crippen LogP contribution in [0.5, 0.6) is 0 Å². The third kappa shape index (κ3) is 4.27. The Hall–Kier alpha value is -1.55. The number of halogens is 5. The Bertz CT molecular complexity index is 1370. The first kappa shape index (κ1) is 31.1. The molecular weight excluding hydrogens is 579 g/mol. The zero-order valence-electron chi connectivity index (χ0n) is 26.1. The molecular formula is C35H45F5O4. The number of benzene rings is 1.